The molecule has 7 aliphatic rings. The summed E-state index contributed by atoms with van der Waals surface area (Å²) >= 11 is 0. The van der Waals surface area contributed by atoms with Crippen molar-refractivity contribution in [2.75, 3.05) is 0 Å². The van der Waals surface area contributed by atoms with Gasteiger partial charge in [-0.05, 0) is 325 Å². The van der Waals surface area contributed by atoms with Crippen molar-refractivity contribution >= 4 is 60.1 Å². The van der Waals surface area contributed by atoms with Crippen molar-refractivity contribution < 1.29 is 91.4 Å². The Morgan fingerprint density at radius 2 is 0.640 bits per heavy atom. The standard InChI is InChI=1S/C22H21NO3S.C21H19NO4S.C21H23NO3S.C21H19NO3S.C18H19NO3S.C15H15NO4S/c1-15-12-13-21(20(24)14-15)27(25,26)23-16(2)18-10-6-7-11-19(18)22(23)17-8-4-3-5-9-17;1-14-9-18(24)11-19(10-14)27(25,26)22-13-16-7-8-17(23)12-20(16)21(22)15-5-3-2-4-6-15;2*1-15-11-18(23)13-19(12-15)26(24,25)22-14-17-9-5-6-10-20(17)21(22)16-7-3-2-4-8-16;1-3-6-18-17-8-5-4-7-14(17)12-19(18)23(21,22)16-10-13(2)9-15(20)11-16;1-10-4-14(18)7-15(5-10)21(19,20)16-8-11-2-3-13(17)6-12(11)9-16/h3-14,16,22,24H,1-2H3;2-12,21,23-24H,13H2,1H3;5-7,9-13,21,23H,2-4,8,14H2,1H3;2-13,21,23H,14H2,1H3;3-5,7-11,18,20H,1,6,12H2,2H3;2-7,17-18H,8-9H2,1H3/t16-,22-;;;;;/m1...../s1. The first-order valence-electron chi connectivity index (χ1n) is 48.8. The molecule has 22 rings (SSSR count). The number of phenolic OH excluding ortho intramolecular Hbond substituents is 8. The maximum Gasteiger partial charge on any atom is 0.248 e. The van der Waals surface area contributed by atoms with Gasteiger partial charge in [-0.2, -0.15) is 25.8 Å². The molecule has 15 aromatic carbocycles. The van der Waals surface area contributed by atoms with E-state index in [0.717, 1.165) is 120 Å². The Bertz CT molecular complexity index is 8340. The average Bonchev–Trinajstić information content (AvgIpc) is 1.63. The van der Waals surface area contributed by atoms with Crippen LogP contribution in [0.1, 0.15) is 192 Å². The zero-order valence-electron chi connectivity index (χ0n) is 83.5. The second kappa shape index (κ2) is 44.1. The molecule has 1 aliphatic carbocycles. The lowest BCUT2D eigenvalue weighted by molar-refractivity contribution is 0.329. The van der Waals surface area contributed by atoms with Crippen molar-refractivity contribution in [3.8, 4) is 46.0 Å². The lowest BCUT2D eigenvalue weighted by Crippen LogP contribution is -2.32. The van der Waals surface area contributed by atoms with E-state index in [9.17, 15) is 91.4 Å². The first-order chi connectivity index (χ1) is 71.5. The van der Waals surface area contributed by atoms with Crippen molar-refractivity contribution in [3.05, 3.63) is 475 Å². The molecule has 8 N–H and O–H groups in total. The van der Waals surface area contributed by atoms with E-state index in [2.05, 4.69) is 12.7 Å². The summed E-state index contributed by atoms with van der Waals surface area (Å²) < 4.78 is 168. The quantitative estimate of drug-likeness (QED) is 0.0370. The number of rotatable bonds is 18. The number of phenols is 8. The number of allylic oxidation sites excluding steroid dienone is 1. The second-order valence-electron chi connectivity index (χ2n) is 38.4. The van der Waals surface area contributed by atoms with Crippen LogP contribution >= 0.6 is 0 Å². The molecule has 0 aromatic heterocycles. The number of fused-ring (bicyclic) bond motifs is 6. The van der Waals surface area contributed by atoms with Crippen LogP contribution in [-0.2, 0) is 99.4 Å². The second-order valence-corrected chi connectivity index (χ2v) is 49.8. The minimum absolute atomic E-state index is 0.0197. The zero-order valence-corrected chi connectivity index (χ0v) is 88.4. The van der Waals surface area contributed by atoms with Crippen LogP contribution in [0.15, 0.2) is 387 Å². The van der Waals surface area contributed by atoms with Gasteiger partial charge in [0.15, 0.2) is 0 Å². The zero-order chi connectivity index (χ0) is 107. The molecule has 0 saturated heterocycles. The molecule has 0 amide bonds. The van der Waals surface area contributed by atoms with Gasteiger partial charge in [-0.3, -0.25) is 0 Å². The normalized spacial score (nSPS) is 18.0. The van der Waals surface area contributed by atoms with Gasteiger partial charge in [0.1, 0.15) is 50.9 Å². The molecule has 32 heteroatoms. The van der Waals surface area contributed by atoms with E-state index in [1.807, 2.05) is 202 Å². The molecule has 4 unspecified atom stereocenters. The lowest BCUT2D eigenvalue weighted by Gasteiger charge is -2.29. The van der Waals surface area contributed by atoms with Gasteiger partial charge in [0, 0.05) is 45.3 Å². The van der Waals surface area contributed by atoms with Crippen LogP contribution in [0, 0.1) is 41.5 Å². The van der Waals surface area contributed by atoms with Gasteiger partial charge in [-0.25, -0.2) is 50.5 Å². The van der Waals surface area contributed by atoms with Gasteiger partial charge in [0.25, 0.3) is 0 Å². The molecule has 0 saturated carbocycles. The molecule has 0 bridgehead atoms. The number of benzene rings is 15. The Morgan fingerprint density at radius 1 is 0.287 bits per heavy atom. The van der Waals surface area contributed by atoms with Crippen LogP contribution in [0.5, 0.6) is 46.0 Å². The van der Waals surface area contributed by atoms with E-state index in [4.69, 9.17) is 0 Å². The predicted molar refractivity (Wildman–Crippen MR) is 576 cm³/mol. The largest absolute Gasteiger partial charge is 0.508 e. The Kier molecular flexibility index (Phi) is 31.4. The van der Waals surface area contributed by atoms with Crippen LogP contribution in [0.2, 0.25) is 0 Å². The van der Waals surface area contributed by atoms with Crippen molar-refractivity contribution in [1.29, 1.82) is 0 Å². The van der Waals surface area contributed by atoms with E-state index in [1.165, 1.54) is 87.8 Å². The van der Waals surface area contributed by atoms with Crippen LogP contribution < -0.4 is 0 Å². The number of aryl methyl sites for hydroxylation is 6. The van der Waals surface area contributed by atoms with E-state index in [-0.39, 0.29) is 119 Å². The molecule has 0 fully saturated rings. The van der Waals surface area contributed by atoms with Crippen LogP contribution in [0.4, 0.5) is 0 Å². The summed E-state index contributed by atoms with van der Waals surface area (Å²) in [5, 5.41) is 78.7. The Balaban J connectivity index is 0.000000123. The van der Waals surface area contributed by atoms with Gasteiger partial charge in [-0.1, -0.05) is 224 Å². The highest BCUT2D eigenvalue weighted by Crippen LogP contribution is 2.53. The summed E-state index contributed by atoms with van der Waals surface area (Å²) in [6.45, 7) is 18.0. The fourth-order valence-corrected chi connectivity index (χ4v) is 31.0. The Labute approximate surface area is 877 Å². The first-order valence-corrected chi connectivity index (χ1v) is 57.5. The molecule has 6 aliphatic heterocycles. The Hall–Kier alpha value is -14.4. The van der Waals surface area contributed by atoms with Crippen LogP contribution in [0.25, 0.3) is 0 Å². The fourth-order valence-electron chi connectivity index (χ4n) is 20.8. The molecule has 150 heavy (non-hydrogen) atoms. The molecule has 0 spiro atoms. The van der Waals surface area contributed by atoms with E-state index in [1.54, 1.807) is 130 Å². The third-order valence-electron chi connectivity index (χ3n) is 27.6. The summed E-state index contributed by atoms with van der Waals surface area (Å²) in [5.74, 6) is -0.249. The highest BCUT2D eigenvalue weighted by atomic mass is 32.2. The maximum absolute atomic E-state index is 13.6. The summed E-state index contributed by atoms with van der Waals surface area (Å²) in [7, 11) is -22.6. The van der Waals surface area contributed by atoms with Gasteiger partial charge >= 0.3 is 0 Å². The van der Waals surface area contributed by atoms with Crippen LogP contribution in [0.3, 0.4) is 0 Å². The SMILES string of the molecule is C=CCC1c2ccccc2CN1S(=O)(=O)c1cc(C)cc(O)c1.Cc1cc(O)cc(S(=O)(=O)N2Cc3ccc(O)cc3C2)c1.Cc1cc(O)cc(S(=O)(=O)N2Cc3ccc(O)cc3C2c2ccccc2)c1.Cc1cc(O)cc(S(=O)(=O)N2Cc3ccccc3C2C2=CCCCC2)c1.Cc1cc(O)cc(S(=O)(=O)N2Cc3ccccc3C2c2ccccc2)c1.Cc1ccc(S(=O)(=O)N2[C@H](c3ccccc3)c3ccccc3[C@H]2C)c(O)c1. The minimum atomic E-state index is -3.92. The van der Waals surface area contributed by atoms with Gasteiger partial charge in [0.05, 0.1) is 54.7 Å². The van der Waals surface area contributed by atoms with Crippen molar-refractivity contribution in [3.63, 3.8) is 0 Å². The van der Waals surface area contributed by atoms with E-state index in [0.29, 0.717) is 48.3 Å². The molecule has 15 aromatic rings. The molecule has 0 radical (unpaired) electrons. The molecular weight excluding hydrogens is 2010 g/mol. The number of aromatic hydroxyl groups is 8. The van der Waals surface area contributed by atoms with Gasteiger partial charge < -0.3 is 40.9 Å². The summed E-state index contributed by atoms with van der Waals surface area (Å²) in [6.07, 6.45) is 8.71. The molecule has 774 valence electrons. The van der Waals surface area contributed by atoms with Crippen molar-refractivity contribution in [2.45, 2.75) is 185 Å². The van der Waals surface area contributed by atoms with E-state index >= 15 is 0 Å². The number of hydrogen-bond donors (Lipinski definition) is 8. The van der Waals surface area contributed by atoms with Gasteiger partial charge in [-0.15, -0.1) is 6.58 Å². The predicted octanol–water partition coefficient (Wildman–Crippen LogP) is 22.3. The smallest absolute Gasteiger partial charge is 0.248 e. The third-order valence-corrected chi connectivity index (χ3v) is 38.6. The molecule has 26 nitrogen and oxygen atoms in total. The highest BCUT2D eigenvalue weighted by Gasteiger charge is 2.48. The monoisotopic (exact) mass is 2130 g/mol. The topological polar surface area (TPSA) is 386 Å². The molecular formula is C118H116N6O20S6. The van der Waals surface area contributed by atoms with Crippen LogP contribution in [-0.4, -0.2) is 117 Å². The molecule has 6 heterocycles. The summed E-state index contributed by atoms with van der Waals surface area (Å²) in [4.78, 5) is 0.466. The van der Waals surface area contributed by atoms with Crippen molar-refractivity contribution in [2.24, 2.45) is 0 Å². The maximum atomic E-state index is 13.6. The summed E-state index contributed by atoms with van der Waals surface area (Å²) in [5.41, 5.74) is 19.6. The van der Waals surface area contributed by atoms with E-state index < -0.39 is 72.2 Å². The summed E-state index contributed by atoms with van der Waals surface area (Å²) in [6, 6.07) is 94.3. The Morgan fingerprint density at radius 3 is 1.07 bits per heavy atom. The average molecular weight is 2130 g/mol. The fraction of sp³-hybridized carbons (Fsp3) is 0.203. The molecule has 6 atom stereocenters. The minimum Gasteiger partial charge on any atom is -0.508 e. The number of hydrogen-bond acceptors (Lipinski definition) is 20. The number of sulfonamides is 6. The lowest BCUT2D eigenvalue weighted by atomic mass is 9.90. The van der Waals surface area contributed by atoms with Gasteiger partial charge in [0.2, 0.25) is 60.1 Å². The van der Waals surface area contributed by atoms with Crippen molar-refractivity contribution in [1.82, 2.24) is 25.8 Å². The first kappa shape index (κ1) is 107. The highest BCUT2D eigenvalue weighted by molar-refractivity contribution is 7.90. The number of nitrogens with zero attached hydrogens (tertiary/aromatic N) is 6. The third kappa shape index (κ3) is 22.4.